The van der Waals surface area contributed by atoms with Crippen LogP contribution in [0.5, 0.6) is 0 Å². The van der Waals surface area contributed by atoms with E-state index in [1.807, 2.05) is 18.2 Å². The lowest BCUT2D eigenvalue weighted by atomic mass is 9.89. The Kier molecular flexibility index (Phi) is 2.43. The molecule has 1 fully saturated rings. The molecule has 1 amide bonds. The predicted octanol–water partition coefficient (Wildman–Crippen LogP) is 3.30. The van der Waals surface area contributed by atoms with E-state index in [1.54, 1.807) is 0 Å². The van der Waals surface area contributed by atoms with Gasteiger partial charge in [-0.05, 0) is 24.0 Å². The maximum Gasteiger partial charge on any atom is 0.232 e. The first-order valence-corrected chi connectivity index (χ1v) is 6.24. The molecule has 1 aromatic carbocycles. The Hall–Kier alpha value is -1.31. The van der Waals surface area contributed by atoms with Crippen molar-refractivity contribution in [1.82, 2.24) is 0 Å². The van der Waals surface area contributed by atoms with Gasteiger partial charge >= 0.3 is 0 Å². The molecule has 0 radical (unpaired) electrons. The first-order valence-electron chi connectivity index (χ1n) is 6.24. The zero-order chi connectivity index (χ0) is 11.0. The average Bonchev–Trinajstić information content (AvgIpc) is 2.89. The molecule has 3 rings (SSSR count). The molecule has 2 heteroatoms. The van der Waals surface area contributed by atoms with Crippen LogP contribution in [0.15, 0.2) is 24.3 Å². The second-order valence-electron chi connectivity index (χ2n) is 5.02. The third-order valence-corrected chi connectivity index (χ3v) is 3.95. The van der Waals surface area contributed by atoms with Crippen LogP contribution in [0.4, 0.5) is 5.69 Å². The highest BCUT2D eigenvalue weighted by Gasteiger charge is 2.32. The maximum absolute atomic E-state index is 11.9. The summed E-state index contributed by atoms with van der Waals surface area (Å²) in [6.45, 7) is 0. The van der Waals surface area contributed by atoms with E-state index in [9.17, 15) is 4.79 Å². The Morgan fingerprint density at radius 3 is 2.75 bits per heavy atom. The van der Waals surface area contributed by atoms with Crippen LogP contribution in [0.1, 0.15) is 43.6 Å². The summed E-state index contributed by atoms with van der Waals surface area (Å²) in [6.07, 6.45) is 6.36. The number of carbonyl (C=O) groups is 1. The molecule has 0 bridgehead atoms. The fourth-order valence-corrected chi connectivity index (χ4v) is 3.09. The second-order valence-corrected chi connectivity index (χ2v) is 5.02. The quantitative estimate of drug-likeness (QED) is 0.805. The maximum atomic E-state index is 11.9. The molecule has 1 aliphatic heterocycles. The molecule has 16 heavy (non-hydrogen) atoms. The average molecular weight is 215 g/mol. The topological polar surface area (TPSA) is 29.1 Å². The Labute approximate surface area is 96.1 Å². The normalized spacial score (nSPS) is 24.5. The van der Waals surface area contributed by atoms with Crippen molar-refractivity contribution in [2.45, 2.75) is 38.0 Å². The van der Waals surface area contributed by atoms with Crippen molar-refractivity contribution in [1.29, 1.82) is 0 Å². The lowest BCUT2D eigenvalue weighted by Gasteiger charge is -2.13. The van der Waals surface area contributed by atoms with Gasteiger partial charge < -0.3 is 5.32 Å². The molecule has 1 N–H and O–H groups in total. The first-order chi connectivity index (χ1) is 7.84. The van der Waals surface area contributed by atoms with Crippen LogP contribution in [0.25, 0.3) is 0 Å². The number of hydrogen-bond donors (Lipinski definition) is 1. The van der Waals surface area contributed by atoms with Crippen molar-refractivity contribution in [3.63, 3.8) is 0 Å². The number of amides is 1. The smallest absolute Gasteiger partial charge is 0.232 e. The van der Waals surface area contributed by atoms with E-state index in [0.29, 0.717) is 0 Å². The van der Waals surface area contributed by atoms with Gasteiger partial charge in [-0.1, -0.05) is 43.9 Å². The number of para-hydroxylation sites is 1. The van der Waals surface area contributed by atoms with Crippen molar-refractivity contribution >= 4 is 11.6 Å². The van der Waals surface area contributed by atoms with Gasteiger partial charge in [0.2, 0.25) is 5.91 Å². The number of hydrogen-bond acceptors (Lipinski definition) is 1. The zero-order valence-corrected chi connectivity index (χ0v) is 9.41. The van der Waals surface area contributed by atoms with E-state index >= 15 is 0 Å². The van der Waals surface area contributed by atoms with Gasteiger partial charge in [-0.15, -0.1) is 0 Å². The minimum absolute atomic E-state index is 0.110. The summed E-state index contributed by atoms with van der Waals surface area (Å²) in [4.78, 5) is 11.9. The minimum atomic E-state index is 0.110. The van der Waals surface area contributed by atoms with Crippen molar-refractivity contribution in [2.75, 3.05) is 5.32 Å². The lowest BCUT2D eigenvalue weighted by molar-refractivity contribution is -0.117. The zero-order valence-electron chi connectivity index (χ0n) is 9.41. The largest absolute Gasteiger partial charge is 0.325 e. The number of benzene rings is 1. The third-order valence-electron chi connectivity index (χ3n) is 3.95. The summed E-state index contributed by atoms with van der Waals surface area (Å²) in [5.74, 6) is 1.08. The van der Waals surface area contributed by atoms with E-state index in [0.717, 1.165) is 18.0 Å². The number of anilines is 1. The van der Waals surface area contributed by atoms with Gasteiger partial charge in [-0.2, -0.15) is 0 Å². The van der Waals surface area contributed by atoms with Crippen molar-refractivity contribution in [3.05, 3.63) is 29.8 Å². The summed E-state index contributed by atoms with van der Waals surface area (Å²) in [6, 6.07) is 8.10. The summed E-state index contributed by atoms with van der Waals surface area (Å²) < 4.78 is 0. The molecule has 1 aromatic rings. The molecule has 1 unspecified atom stereocenters. The summed E-state index contributed by atoms with van der Waals surface area (Å²) in [7, 11) is 0. The SMILES string of the molecule is O=C1Nc2ccccc2C1CC1CCCC1. The number of nitrogens with one attached hydrogen (secondary N) is 1. The van der Waals surface area contributed by atoms with Crippen molar-refractivity contribution in [2.24, 2.45) is 5.92 Å². The highest BCUT2D eigenvalue weighted by Crippen LogP contribution is 2.40. The molecule has 1 atom stereocenters. The number of rotatable bonds is 2. The molecular weight excluding hydrogens is 198 g/mol. The highest BCUT2D eigenvalue weighted by atomic mass is 16.2. The third kappa shape index (κ3) is 1.62. The van der Waals surface area contributed by atoms with Crippen LogP contribution in [0, 0.1) is 5.92 Å². The molecule has 1 aliphatic carbocycles. The monoisotopic (exact) mass is 215 g/mol. The lowest BCUT2D eigenvalue weighted by Crippen LogP contribution is -2.14. The molecular formula is C14H17NO. The van der Waals surface area contributed by atoms with Crippen LogP contribution in [0.2, 0.25) is 0 Å². The molecule has 2 aliphatic rings. The highest BCUT2D eigenvalue weighted by molar-refractivity contribution is 6.02. The second kappa shape index (κ2) is 3.93. The van der Waals surface area contributed by atoms with Crippen molar-refractivity contribution in [3.8, 4) is 0 Å². The molecule has 1 saturated carbocycles. The summed E-state index contributed by atoms with van der Waals surface area (Å²) in [5, 5.41) is 2.98. The molecule has 0 saturated heterocycles. The summed E-state index contributed by atoms with van der Waals surface area (Å²) in [5.41, 5.74) is 2.23. The Morgan fingerprint density at radius 2 is 1.94 bits per heavy atom. The van der Waals surface area contributed by atoms with E-state index in [2.05, 4.69) is 11.4 Å². The molecule has 0 aromatic heterocycles. The molecule has 84 valence electrons. The number of fused-ring (bicyclic) bond motifs is 1. The standard InChI is InChI=1S/C14H17NO/c16-14-12(9-10-5-1-2-6-10)11-7-3-4-8-13(11)15-14/h3-4,7-8,10,12H,1-2,5-6,9H2,(H,15,16). The number of carbonyl (C=O) groups excluding carboxylic acids is 1. The molecule has 2 nitrogen and oxygen atoms in total. The Bertz CT molecular complexity index is 407. The van der Waals surface area contributed by atoms with Crippen LogP contribution >= 0.6 is 0 Å². The summed E-state index contributed by atoms with van der Waals surface area (Å²) >= 11 is 0. The van der Waals surface area contributed by atoms with Crippen LogP contribution in [-0.4, -0.2) is 5.91 Å². The molecule has 0 spiro atoms. The van der Waals surface area contributed by atoms with E-state index in [-0.39, 0.29) is 11.8 Å². The Balaban J connectivity index is 1.81. The van der Waals surface area contributed by atoms with E-state index in [4.69, 9.17) is 0 Å². The fourth-order valence-electron chi connectivity index (χ4n) is 3.09. The van der Waals surface area contributed by atoms with Gasteiger partial charge in [0, 0.05) is 5.69 Å². The van der Waals surface area contributed by atoms with E-state index in [1.165, 1.54) is 31.2 Å². The van der Waals surface area contributed by atoms with Gasteiger partial charge in [0.15, 0.2) is 0 Å². The van der Waals surface area contributed by atoms with E-state index < -0.39 is 0 Å². The van der Waals surface area contributed by atoms with Gasteiger partial charge in [-0.25, -0.2) is 0 Å². The van der Waals surface area contributed by atoms with Crippen LogP contribution in [-0.2, 0) is 4.79 Å². The van der Waals surface area contributed by atoms with Gasteiger partial charge in [-0.3, -0.25) is 4.79 Å². The van der Waals surface area contributed by atoms with Gasteiger partial charge in [0.05, 0.1) is 5.92 Å². The fraction of sp³-hybridized carbons (Fsp3) is 0.500. The first kappa shape index (κ1) is 9.88. The predicted molar refractivity (Wildman–Crippen MR) is 64.4 cm³/mol. The van der Waals surface area contributed by atoms with Crippen LogP contribution < -0.4 is 5.32 Å². The van der Waals surface area contributed by atoms with Crippen LogP contribution in [0.3, 0.4) is 0 Å². The minimum Gasteiger partial charge on any atom is -0.325 e. The van der Waals surface area contributed by atoms with Crippen molar-refractivity contribution < 1.29 is 4.79 Å². The van der Waals surface area contributed by atoms with Gasteiger partial charge in [0.1, 0.15) is 0 Å². The van der Waals surface area contributed by atoms with Gasteiger partial charge in [0.25, 0.3) is 0 Å². The molecule has 1 heterocycles. The Morgan fingerprint density at radius 1 is 1.19 bits per heavy atom.